The van der Waals surface area contributed by atoms with Crippen LogP contribution in [0.3, 0.4) is 0 Å². The van der Waals surface area contributed by atoms with Gasteiger partial charge in [0.1, 0.15) is 12.4 Å². The summed E-state index contributed by atoms with van der Waals surface area (Å²) in [6.45, 7) is 2.68. The molecule has 0 aliphatic carbocycles. The Balaban J connectivity index is 1.70. The zero-order valence-corrected chi connectivity index (χ0v) is 12.7. The fourth-order valence-corrected chi connectivity index (χ4v) is 2.82. The van der Waals surface area contributed by atoms with Gasteiger partial charge < -0.3 is 15.0 Å². The van der Waals surface area contributed by atoms with E-state index < -0.39 is 0 Å². The Morgan fingerprint density at radius 2 is 1.95 bits per heavy atom. The lowest BCUT2D eigenvalue weighted by molar-refractivity contribution is 0.305. The first kappa shape index (κ1) is 14.0. The third kappa shape index (κ3) is 3.37. The van der Waals surface area contributed by atoms with Gasteiger partial charge in [-0.1, -0.05) is 30.3 Å². The highest BCUT2D eigenvalue weighted by Gasteiger charge is 2.23. The summed E-state index contributed by atoms with van der Waals surface area (Å²) < 4.78 is 5.93. The molecule has 3 heteroatoms. The van der Waals surface area contributed by atoms with E-state index in [9.17, 15) is 0 Å². The fourth-order valence-electron chi connectivity index (χ4n) is 2.82. The predicted octanol–water partition coefficient (Wildman–Crippen LogP) is 3.34. The minimum Gasteiger partial charge on any atom is -0.489 e. The molecule has 0 saturated heterocycles. The molecule has 1 aliphatic rings. The van der Waals surface area contributed by atoms with Crippen LogP contribution in [0.15, 0.2) is 48.5 Å². The highest BCUT2D eigenvalue weighted by atomic mass is 16.5. The van der Waals surface area contributed by atoms with E-state index in [2.05, 4.69) is 48.6 Å². The zero-order chi connectivity index (χ0) is 14.7. The van der Waals surface area contributed by atoms with Gasteiger partial charge in [-0.2, -0.15) is 0 Å². The van der Waals surface area contributed by atoms with Crippen molar-refractivity contribution in [2.24, 2.45) is 0 Å². The van der Waals surface area contributed by atoms with Crippen LogP contribution in [0.1, 0.15) is 17.0 Å². The summed E-state index contributed by atoms with van der Waals surface area (Å²) in [6.07, 6.45) is 0. The van der Waals surface area contributed by atoms with Crippen molar-refractivity contribution in [3.05, 3.63) is 59.7 Å². The van der Waals surface area contributed by atoms with Crippen LogP contribution in [-0.2, 0) is 6.61 Å². The fraction of sp³-hybridized carbons (Fsp3) is 0.333. The van der Waals surface area contributed by atoms with Crippen molar-refractivity contribution in [1.82, 2.24) is 4.90 Å². The average molecular weight is 282 g/mol. The molecular formula is C18H22N2O. The van der Waals surface area contributed by atoms with Crippen molar-refractivity contribution < 1.29 is 4.74 Å². The quantitative estimate of drug-likeness (QED) is 0.910. The molecule has 0 fully saturated rings. The second-order valence-corrected chi connectivity index (χ2v) is 5.86. The normalized spacial score (nSPS) is 16.6. The Morgan fingerprint density at radius 3 is 2.71 bits per heavy atom. The maximum absolute atomic E-state index is 5.93. The average Bonchev–Trinajstić information content (AvgIpc) is 2.88. The van der Waals surface area contributed by atoms with Gasteiger partial charge in [0.25, 0.3) is 0 Å². The van der Waals surface area contributed by atoms with Crippen LogP contribution in [0, 0.1) is 0 Å². The first-order chi connectivity index (χ1) is 10.2. The van der Waals surface area contributed by atoms with Gasteiger partial charge in [-0.05, 0) is 43.4 Å². The van der Waals surface area contributed by atoms with Gasteiger partial charge in [-0.3, -0.25) is 0 Å². The highest BCUT2D eigenvalue weighted by molar-refractivity contribution is 5.60. The van der Waals surface area contributed by atoms with Crippen LogP contribution in [-0.4, -0.2) is 32.1 Å². The minimum absolute atomic E-state index is 0.537. The SMILES string of the molecule is CN(C)CC1CNc2ccc(OCc3ccccc3)cc21. The second-order valence-electron chi connectivity index (χ2n) is 5.86. The molecule has 1 atom stereocenters. The van der Waals surface area contributed by atoms with E-state index in [1.807, 2.05) is 24.3 Å². The van der Waals surface area contributed by atoms with Crippen LogP contribution >= 0.6 is 0 Å². The number of ether oxygens (including phenoxy) is 1. The number of anilines is 1. The number of fused-ring (bicyclic) bond motifs is 1. The molecule has 21 heavy (non-hydrogen) atoms. The molecule has 0 radical (unpaired) electrons. The number of likely N-dealkylation sites (N-methyl/N-ethyl adjacent to an activating group) is 1. The number of hydrogen-bond acceptors (Lipinski definition) is 3. The molecule has 3 rings (SSSR count). The van der Waals surface area contributed by atoms with Gasteiger partial charge in [-0.25, -0.2) is 0 Å². The first-order valence-electron chi connectivity index (χ1n) is 7.41. The van der Waals surface area contributed by atoms with Gasteiger partial charge in [-0.15, -0.1) is 0 Å². The van der Waals surface area contributed by atoms with Crippen molar-refractivity contribution in [3.8, 4) is 5.75 Å². The van der Waals surface area contributed by atoms with Crippen molar-refractivity contribution in [3.63, 3.8) is 0 Å². The number of hydrogen-bond donors (Lipinski definition) is 1. The van der Waals surface area contributed by atoms with E-state index >= 15 is 0 Å². The summed E-state index contributed by atoms with van der Waals surface area (Å²) in [5.41, 5.74) is 3.81. The van der Waals surface area contributed by atoms with Gasteiger partial charge in [0.05, 0.1) is 0 Å². The summed E-state index contributed by atoms with van der Waals surface area (Å²) in [4.78, 5) is 2.24. The topological polar surface area (TPSA) is 24.5 Å². The van der Waals surface area contributed by atoms with E-state index in [-0.39, 0.29) is 0 Å². The van der Waals surface area contributed by atoms with Crippen molar-refractivity contribution in [2.75, 3.05) is 32.5 Å². The molecule has 1 heterocycles. The lowest BCUT2D eigenvalue weighted by atomic mass is 10.0. The Hall–Kier alpha value is -2.00. The van der Waals surface area contributed by atoms with Crippen LogP contribution in [0.25, 0.3) is 0 Å². The first-order valence-corrected chi connectivity index (χ1v) is 7.41. The van der Waals surface area contributed by atoms with E-state index in [0.29, 0.717) is 12.5 Å². The van der Waals surface area contributed by atoms with E-state index in [0.717, 1.165) is 18.8 Å². The zero-order valence-electron chi connectivity index (χ0n) is 12.7. The molecule has 1 N–H and O–H groups in total. The Kier molecular flexibility index (Phi) is 4.11. The summed E-state index contributed by atoms with van der Waals surface area (Å²) in [5.74, 6) is 1.49. The third-order valence-electron chi connectivity index (χ3n) is 3.84. The maximum Gasteiger partial charge on any atom is 0.120 e. The monoisotopic (exact) mass is 282 g/mol. The molecule has 2 aromatic rings. The standard InChI is InChI=1S/C18H22N2O/c1-20(2)12-15-11-19-18-9-8-16(10-17(15)18)21-13-14-6-4-3-5-7-14/h3-10,15,19H,11-13H2,1-2H3. The minimum atomic E-state index is 0.537. The molecule has 0 aromatic heterocycles. The highest BCUT2D eigenvalue weighted by Crippen LogP contribution is 2.34. The molecule has 110 valence electrons. The van der Waals surface area contributed by atoms with E-state index in [1.54, 1.807) is 0 Å². The van der Waals surface area contributed by atoms with Crippen LogP contribution in [0.2, 0.25) is 0 Å². The molecule has 1 aliphatic heterocycles. The van der Waals surface area contributed by atoms with Crippen LogP contribution in [0.4, 0.5) is 5.69 Å². The molecular weight excluding hydrogens is 260 g/mol. The largest absolute Gasteiger partial charge is 0.489 e. The summed E-state index contributed by atoms with van der Waals surface area (Å²) >= 11 is 0. The molecule has 2 aromatic carbocycles. The molecule has 0 amide bonds. The Morgan fingerprint density at radius 1 is 1.14 bits per heavy atom. The number of nitrogens with one attached hydrogen (secondary N) is 1. The number of nitrogens with zero attached hydrogens (tertiary/aromatic N) is 1. The van der Waals surface area contributed by atoms with Crippen molar-refractivity contribution in [1.29, 1.82) is 0 Å². The maximum atomic E-state index is 5.93. The van der Waals surface area contributed by atoms with Gasteiger partial charge in [0.2, 0.25) is 0 Å². The molecule has 0 spiro atoms. The lowest BCUT2D eigenvalue weighted by Crippen LogP contribution is -2.21. The molecule has 1 unspecified atom stereocenters. The molecule has 0 bridgehead atoms. The Bertz CT molecular complexity index is 595. The van der Waals surface area contributed by atoms with Crippen LogP contribution < -0.4 is 10.1 Å². The summed E-state index contributed by atoms with van der Waals surface area (Å²) in [5, 5.41) is 3.47. The van der Waals surface area contributed by atoms with Gasteiger partial charge in [0, 0.05) is 24.7 Å². The molecule has 3 nitrogen and oxygen atoms in total. The smallest absolute Gasteiger partial charge is 0.120 e. The van der Waals surface area contributed by atoms with Crippen LogP contribution in [0.5, 0.6) is 5.75 Å². The Labute approximate surface area is 126 Å². The third-order valence-corrected chi connectivity index (χ3v) is 3.84. The molecule has 0 saturated carbocycles. The van der Waals surface area contributed by atoms with E-state index in [1.165, 1.54) is 16.8 Å². The van der Waals surface area contributed by atoms with Gasteiger partial charge >= 0.3 is 0 Å². The lowest BCUT2D eigenvalue weighted by Gasteiger charge is -2.16. The number of rotatable bonds is 5. The van der Waals surface area contributed by atoms with E-state index in [4.69, 9.17) is 4.74 Å². The van der Waals surface area contributed by atoms with Crippen molar-refractivity contribution in [2.45, 2.75) is 12.5 Å². The predicted molar refractivity (Wildman–Crippen MR) is 87.0 cm³/mol. The summed E-state index contributed by atoms with van der Waals surface area (Å²) in [6, 6.07) is 16.6. The van der Waals surface area contributed by atoms with Crippen molar-refractivity contribution >= 4 is 5.69 Å². The number of benzene rings is 2. The summed E-state index contributed by atoms with van der Waals surface area (Å²) in [7, 11) is 4.24. The second kappa shape index (κ2) is 6.19. The van der Waals surface area contributed by atoms with Gasteiger partial charge in [0.15, 0.2) is 0 Å².